The second-order valence-corrected chi connectivity index (χ2v) is 3.08. The molecule has 0 bridgehead atoms. The Hall–Kier alpha value is -2.17. The van der Waals surface area contributed by atoms with E-state index in [2.05, 4.69) is 15.5 Å². The molecular weight excluding hydrogens is 194 g/mol. The van der Waals surface area contributed by atoms with E-state index in [0.29, 0.717) is 5.69 Å². The fourth-order valence-corrected chi connectivity index (χ4v) is 1.15. The molecule has 5 heteroatoms. The first-order valence-corrected chi connectivity index (χ1v) is 4.39. The van der Waals surface area contributed by atoms with Crippen molar-refractivity contribution in [2.75, 3.05) is 5.32 Å². The van der Waals surface area contributed by atoms with Crippen molar-refractivity contribution in [2.45, 2.75) is 6.92 Å². The summed E-state index contributed by atoms with van der Waals surface area (Å²) in [6.07, 6.45) is 4.70. The van der Waals surface area contributed by atoms with Gasteiger partial charge in [-0.1, -0.05) is 5.16 Å². The van der Waals surface area contributed by atoms with Gasteiger partial charge >= 0.3 is 0 Å². The van der Waals surface area contributed by atoms with Gasteiger partial charge in [-0.3, -0.25) is 9.78 Å². The highest BCUT2D eigenvalue weighted by Crippen LogP contribution is 2.09. The third-order valence-electron chi connectivity index (χ3n) is 1.79. The Morgan fingerprint density at radius 3 is 3.00 bits per heavy atom. The van der Waals surface area contributed by atoms with Gasteiger partial charge in [0.15, 0.2) is 0 Å². The molecule has 2 rings (SSSR count). The monoisotopic (exact) mass is 203 g/mol. The highest BCUT2D eigenvalue weighted by molar-refractivity contribution is 6.01. The van der Waals surface area contributed by atoms with Crippen LogP contribution in [0.4, 0.5) is 5.69 Å². The molecule has 0 aliphatic rings. The third-order valence-corrected chi connectivity index (χ3v) is 1.79. The van der Waals surface area contributed by atoms with E-state index in [0.717, 1.165) is 5.56 Å². The number of nitrogens with zero attached hydrogens (tertiary/aromatic N) is 2. The zero-order valence-electron chi connectivity index (χ0n) is 8.10. The van der Waals surface area contributed by atoms with Crippen LogP contribution in [0.5, 0.6) is 0 Å². The summed E-state index contributed by atoms with van der Waals surface area (Å²) >= 11 is 0. The van der Waals surface area contributed by atoms with Crippen molar-refractivity contribution in [3.8, 4) is 0 Å². The molecule has 1 N–H and O–H groups in total. The second-order valence-electron chi connectivity index (χ2n) is 3.08. The molecule has 0 spiro atoms. The highest BCUT2D eigenvalue weighted by atomic mass is 16.5. The summed E-state index contributed by atoms with van der Waals surface area (Å²) in [6.45, 7) is 1.90. The third kappa shape index (κ3) is 2.19. The van der Waals surface area contributed by atoms with Crippen molar-refractivity contribution in [3.63, 3.8) is 0 Å². The zero-order valence-corrected chi connectivity index (χ0v) is 8.10. The highest BCUT2D eigenvalue weighted by Gasteiger charge is 2.09. The van der Waals surface area contributed by atoms with E-state index in [1.165, 1.54) is 12.3 Å². The van der Waals surface area contributed by atoms with Crippen LogP contribution < -0.4 is 5.32 Å². The van der Waals surface area contributed by atoms with E-state index in [1.54, 1.807) is 12.4 Å². The Kier molecular flexibility index (Phi) is 2.45. The summed E-state index contributed by atoms with van der Waals surface area (Å²) in [5.74, 6) is -0.156. The van der Waals surface area contributed by atoms with Crippen LogP contribution in [0.1, 0.15) is 16.1 Å². The summed E-state index contributed by atoms with van der Waals surface area (Å²) < 4.78 is 4.72. The minimum absolute atomic E-state index is 0.177. The van der Waals surface area contributed by atoms with Gasteiger partial charge in [0.1, 0.15) is 0 Å². The van der Waals surface area contributed by atoms with Crippen LogP contribution in [0.25, 0.3) is 0 Å². The van der Waals surface area contributed by atoms with Gasteiger partial charge in [-0.05, 0) is 18.6 Å². The Labute approximate surface area is 86.1 Å². The van der Waals surface area contributed by atoms with E-state index in [1.807, 2.05) is 13.0 Å². The first kappa shape index (κ1) is 9.39. The van der Waals surface area contributed by atoms with Gasteiger partial charge in [0, 0.05) is 12.3 Å². The van der Waals surface area contributed by atoms with Gasteiger partial charge in [0.25, 0.3) is 5.91 Å². The topological polar surface area (TPSA) is 68.0 Å². The van der Waals surface area contributed by atoms with Gasteiger partial charge in [0.2, 0.25) is 5.76 Å². The largest absolute Gasteiger partial charge is 0.351 e. The molecule has 1 amide bonds. The van der Waals surface area contributed by atoms with Crippen LogP contribution in [-0.4, -0.2) is 16.0 Å². The Morgan fingerprint density at radius 1 is 1.47 bits per heavy atom. The quantitative estimate of drug-likeness (QED) is 0.805. The number of carbonyl (C=O) groups excluding carboxylic acids is 1. The molecule has 2 aromatic heterocycles. The number of aromatic nitrogens is 2. The first-order chi connectivity index (χ1) is 7.25. The SMILES string of the molecule is Cc1cncc(NC(=O)c2ccno2)c1. The maximum Gasteiger partial charge on any atom is 0.294 e. The molecular formula is C10H9N3O2. The van der Waals surface area contributed by atoms with Crippen molar-refractivity contribution < 1.29 is 9.32 Å². The minimum atomic E-state index is -0.333. The lowest BCUT2D eigenvalue weighted by Crippen LogP contribution is -2.11. The van der Waals surface area contributed by atoms with E-state index < -0.39 is 0 Å². The molecule has 15 heavy (non-hydrogen) atoms. The number of hydrogen-bond donors (Lipinski definition) is 1. The molecule has 0 radical (unpaired) electrons. The normalized spacial score (nSPS) is 9.93. The van der Waals surface area contributed by atoms with Gasteiger partial charge in [-0.25, -0.2) is 0 Å². The molecule has 0 unspecified atom stereocenters. The lowest BCUT2D eigenvalue weighted by Gasteiger charge is -2.02. The molecule has 0 fully saturated rings. The van der Waals surface area contributed by atoms with E-state index in [9.17, 15) is 4.79 Å². The van der Waals surface area contributed by atoms with Crippen LogP contribution >= 0.6 is 0 Å². The predicted molar refractivity (Wildman–Crippen MR) is 53.4 cm³/mol. The molecule has 0 saturated heterocycles. The van der Waals surface area contributed by atoms with E-state index in [-0.39, 0.29) is 11.7 Å². The molecule has 0 aliphatic heterocycles. The number of rotatable bonds is 2. The summed E-state index contributed by atoms with van der Waals surface area (Å²) in [6, 6.07) is 3.32. The van der Waals surface area contributed by atoms with Crippen molar-refractivity contribution in [1.29, 1.82) is 0 Å². The predicted octanol–water partition coefficient (Wildman–Crippen LogP) is 1.63. The van der Waals surface area contributed by atoms with Crippen molar-refractivity contribution >= 4 is 11.6 Å². The molecule has 2 heterocycles. The number of nitrogens with one attached hydrogen (secondary N) is 1. The van der Waals surface area contributed by atoms with E-state index >= 15 is 0 Å². The maximum absolute atomic E-state index is 11.5. The van der Waals surface area contributed by atoms with Crippen LogP contribution in [0, 0.1) is 6.92 Å². The molecule has 0 aliphatic carbocycles. The number of aryl methyl sites for hydroxylation is 1. The van der Waals surface area contributed by atoms with Crippen LogP contribution in [0.15, 0.2) is 35.2 Å². The van der Waals surface area contributed by atoms with Crippen molar-refractivity contribution in [1.82, 2.24) is 10.1 Å². The summed E-state index contributed by atoms with van der Waals surface area (Å²) in [7, 11) is 0. The number of pyridine rings is 1. The van der Waals surface area contributed by atoms with Crippen LogP contribution in [0.2, 0.25) is 0 Å². The number of carbonyl (C=O) groups is 1. The van der Waals surface area contributed by atoms with Crippen LogP contribution in [0.3, 0.4) is 0 Å². The van der Waals surface area contributed by atoms with Gasteiger partial charge in [-0.15, -0.1) is 0 Å². The molecule has 2 aromatic rings. The number of hydrogen-bond acceptors (Lipinski definition) is 4. The fourth-order valence-electron chi connectivity index (χ4n) is 1.15. The van der Waals surface area contributed by atoms with Gasteiger partial charge in [-0.2, -0.15) is 0 Å². The average Bonchev–Trinajstić information content (AvgIpc) is 2.70. The zero-order chi connectivity index (χ0) is 10.7. The Morgan fingerprint density at radius 2 is 2.33 bits per heavy atom. The minimum Gasteiger partial charge on any atom is -0.351 e. The van der Waals surface area contributed by atoms with Crippen LogP contribution in [-0.2, 0) is 0 Å². The molecule has 0 aromatic carbocycles. The molecule has 76 valence electrons. The lowest BCUT2D eigenvalue weighted by molar-refractivity contribution is 0.0988. The summed E-state index contributed by atoms with van der Waals surface area (Å²) in [5, 5.41) is 6.10. The van der Waals surface area contributed by atoms with Gasteiger partial charge < -0.3 is 9.84 Å². The Bertz CT molecular complexity index is 465. The van der Waals surface area contributed by atoms with Gasteiger partial charge in [0.05, 0.1) is 18.1 Å². The fraction of sp³-hybridized carbons (Fsp3) is 0.100. The standard InChI is InChI=1S/C10H9N3O2/c1-7-4-8(6-11-5-7)13-10(14)9-2-3-12-15-9/h2-6H,1H3,(H,13,14). The smallest absolute Gasteiger partial charge is 0.294 e. The number of anilines is 1. The average molecular weight is 203 g/mol. The molecule has 0 saturated carbocycles. The van der Waals surface area contributed by atoms with Crippen molar-refractivity contribution in [3.05, 3.63) is 42.0 Å². The van der Waals surface area contributed by atoms with E-state index in [4.69, 9.17) is 4.52 Å². The lowest BCUT2D eigenvalue weighted by atomic mass is 10.3. The van der Waals surface area contributed by atoms with Crippen molar-refractivity contribution in [2.24, 2.45) is 0 Å². The summed E-state index contributed by atoms with van der Waals surface area (Å²) in [5.41, 5.74) is 1.61. The first-order valence-electron chi connectivity index (χ1n) is 4.39. The maximum atomic E-state index is 11.5. The Balaban J connectivity index is 2.13. The number of amides is 1. The molecule has 0 atom stereocenters. The summed E-state index contributed by atoms with van der Waals surface area (Å²) in [4.78, 5) is 15.5. The second kappa shape index (κ2) is 3.91. The molecule has 5 nitrogen and oxygen atoms in total.